The second-order valence-electron chi connectivity index (χ2n) is 5.82. The largest absolute Gasteiger partial charge is 0.494 e. The van der Waals surface area contributed by atoms with Crippen molar-refractivity contribution in [1.29, 1.82) is 0 Å². The fourth-order valence-corrected chi connectivity index (χ4v) is 2.39. The molecule has 8 nitrogen and oxygen atoms in total. The van der Waals surface area contributed by atoms with E-state index in [0.717, 1.165) is 0 Å². The molecule has 0 atom stereocenters. The molecular formula is C20H22ClN3O5. The van der Waals surface area contributed by atoms with Gasteiger partial charge in [0.05, 0.1) is 11.6 Å². The minimum absolute atomic E-state index is 0.0367. The summed E-state index contributed by atoms with van der Waals surface area (Å²) in [6, 6.07) is 13.6. The standard InChI is InChI=1S/C20H22ClN3O5/c1-2-28-15-9-7-14(8-10-15)22-18(25)11-12-19(26)23-24-20(27)13-29-17-6-4-3-5-16(17)21/h3-10H,2,11-13H2,1H3,(H,22,25)(H,23,26)(H,24,27). The van der Waals surface area contributed by atoms with Crippen LogP contribution in [0.2, 0.25) is 5.02 Å². The normalized spacial score (nSPS) is 10.0. The summed E-state index contributed by atoms with van der Waals surface area (Å²) < 4.78 is 10.6. The van der Waals surface area contributed by atoms with E-state index in [0.29, 0.717) is 28.8 Å². The highest BCUT2D eigenvalue weighted by molar-refractivity contribution is 6.32. The number of hydrogen-bond donors (Lipinski definition) is 3. The van der Waals surface area contributed by atoms with Gasteiger partial charge in [-0.05, 0) is 43.3 Å². The van der Waals surface area contributed by atoms with Gasteiger partial charge in [0.2, 0.25) is 11.8 Å². The first-order valence-electron chi connectivity index (χ1n) is 8.95. The second-order valence-corrected chi connectivity index (χ2v) is 6.23. The number of benzene rings is 2. The van der Waals surface area contributed by atoms with Crippen LogP contribution in [0.1, 0.15) is 19.8 Å². The Morgan fingerprint density at radius 2 is 1.52 bits per heavy atom. The third kappa shape index (κ3) is 8.10. The molecular weight excluding hydrogens is 398 g/mol. The smallest absolute Gasteiger partial charge is 0.276 e. The molecule has 0 saturated carbocycles. The fraction of sp³-hybridized carbons (Fsp3) is 0.250. The fourth-order valence-electron chi connectivity index (χ4n) is 2.19. The van der Waals surface area contributed by atoms with Crippen LogP contribution < -0.4 is 25.6 Å². The Hall–Kier alpha value is -3.26. The molecule has 2 aromatic rings. The van der Waals surface area contributed by atoms with Gasteiger partial charge >= 0.3 is 0 Å². The number of amides is 3. The lowest BCUT2D eigenvalue weighted by molar-refractivity contribution is -0.130. The lowest BCUT2D eigenvalue weighted by Crippen LogP contribution is -2.44. The van der Waals surface area contributed by atoms with Crippen molar-refractivity contribution in [2.45, 2.75) is 19.8 Å². The summed E-state index contributed by atoms with van der Waals surface area (Å²) in [6.07, 6.45) is -0.125. The number of nitrogens with one attached hydrogen (secondary N) is 3. The van der Waals surface area contributed by atoms with Gasteiger partial charge in [-0.1, -0.05) is 23.7 Å². The monoisotopic (exact) mass is 419 g/mol. The molecule has 0 fully saturated rings. The number of anilines is 1. The summed E-state index contributed by atoms with van der Waals surface area (Å²) in [5.41, 5.74) is 5.04. The quantitative estimate of drug-likeness (QED) is 0.542. The number of ether oxygens (including phenoxy) is 2. The molecule has 29 heavy (non-hydrogen) atoms. The van der Waals surface area contributed by atoms with Crippen molar-refractivity contribution in [3.63, 3.8) is 0 Å². The van der Waals surface area contributed by atoms with Gasteiger partial charge in [0.25, 0.3) is 5.91 Å². The summed E-state index contributed by atoms with van der Waals surface area (Å²) in [5.74, 6) is -0.312. The van der Waals surface area contributed by atoms with Gasteiger partial charge in [-0.25, -0.2) is 0 Å². The minimum Gasteiger partial charge on any atom is -0.494 e. The molecule has 2 rings (SSSR count). The molecule has 9 heteroatoms. The summed E-state index contributed by atoms with van der Waals surface area (Å²) >= 11 is 5.92. The number of para-hydroxylation sites is 1. The van der Waals surface area contributed by atoms with E-state index in [1.54, 1.807) is 48.5 Å². The lowest BCUT2D eigenvalue weighted by Gasteiger charge is -2.10. The lowest BCUT2D eigenvalue weighted by atomic mass is 10.2. The van der Waals surface area contributed by atoms with Crippen molar-refractivity contribution in [2.75, 3.05) is 18.5 Å². The highest BCUT2D eigenvalue weighted by Gasteiger charge is 2.10. The Morgan fingerprint density at radius 1 is 0.862 bits per heavy atom. The summed E-state index contributed by atoms with van der Waals surface area (Å²) in [4.78, 5) is 35.4. The zero-order chi connectivity index (χ0) is 21.1. The van der Waals surface area contributed by atoms with E-state index in [2.05, 4.69) is 16.2 Å². The Morgan fingerprint density at radius 3 is 2.21 bits per heavy atom. The van der Waals surface area contributed by atoms with Crippen molar-refractivity contribution in [1.82, 2.24) is 10.9 Å². The Kier molecular flexibility index (Phi) is 8.78. The zero-order valence-electron chi connectivity index (χ0n) is 15.9. The van der Waals surface area contributed by atoms with Crippen molar-refractivity contribution < 1.29 is 23.9 Å². The molecule has 0 aliphatic heterocycles. The predicted molar refractivity (Wildman–Crippen MR) is 109 cm³/mol. The Bertz CT molecular complexity index is 842. The molecule has 3 amide bonds. The first-order chi connectivity index (χ1) is 14.0. The third-order valence-corrected chi connectivity index (χ3v) is 3.88. The molecule has 0 aromatic heterocycles. The van der Waals surface area contributed by atoms with Gasteiger partial charge in [0.15, 0.2) is 6.61 Å². The van der Waals surface area contributed by atoms with Crippen molar-refractivity contribution in [2.24, 2.45) is 0 Å². The molecule has 0 bridgehead atoms. The average Bonchev–Trinajstić information content (AvgIpc) is 2.72. The van der Waals surface area contributed by atoms with E-state index >= 15 is 0 Å². The molecule has 0 heterocycles. The molecule has 0 aliphatic rings. The van der Waals surface area contributed by atoms with E-state index in [1.165, 1.54) is 0 Å². The number of rotatable bonds is 9. The number of carbonyl (C=O) groups is 3. The van der Waals surface area contributed by atoms with Crippen LogP contribution in [0.3, 0.4) is 0 Å². The van der Waals surface area contributed by atoms with E-state index in [1.807, 2.05) is 6.92 Å². The highest BCUT2D eigenvalue weighted by Crippen LogP contribution is 2.22. The van der Waals surface area contributed by atoms with Gasteiger partial charge in [0.1, 0.15) is 11.5 Å². The van der Waals surface area contributed by atoms with Crippen LogP contribution in [-0.4, -0.2) is 30.9 Å². The first-order valence-corrected chi connectivity index (χ1v) is 9.33. The molecule has 0 saturated heterocycles. The van der Waals surface area contributed by atoms with Crippen LogP contribution >= 0.6 is 11.6 Å². The number of halogens is 1. The van der Waals surface area contributed by atoms with Crippen LogP contribution in [0.15, 0.2) is 48.5 Å². The maximum atomic E-state index is 11.9. The maximum absolute atomic E-state index is 11.9. The summed E-state index contributed by atoms with van der Waals surface area (Å²) in [5, 5.41) is 3.06. The third-order valence-electron chi connectivity index (χ3n) is 3.56. The van der Waals surface area contributed by atoms with E-state index < -0.39 is 11.8 Å². The summed E-state index contributed by atoms with van der Waals surface area (Å²) in [7, 11) is 0. The zero-order valence-corrected chi connectivity index (χ0v) is 16.6. The van der Waals surface area contributed by atoms with E-state index in [-0.39, 0.29) is 25.4 Å². The van der Waals surface area contributed by atoms with Gasteiger partial charge < -0.3 is 14.8 Å². The number of hydrogen-bond acceptors (Lipinski definition) is 5. The van der Waals surface area contributed by atoms with Gasteiger partial charge in [-0.3, -0.25) is 25.2 Å². The first kappa shape index (κ1) is 22.0. The Labute approximate surface area is 173 Å². The van der Waals surface area contributed by atoms with Gasteiger partial charge in [0, 0.05) is 18.5 Å². The van der Waals surface area contributed by atoms with E-state index in [9.17, 15) is 14.4 Å². The molecule has 0 aliphatic carbocycles. The maximum Gasteiger partial charge on any atom is 0.276 e. The summed E-state index contributed by atoms with van der Waals surface area (Å²) in [6.45, 7) is 2.13. The van der Waals surface area contributed by atoms with Crippen molar-refractivity contribution in [3.8, 4) is 11.5 Å². The Balaban J connectivity index is 1.63. The van der Waals surface area contributed by atoms with Gasteiger partial charge in [-0.15, -0.1) is 0 Å². The molecule has 154 valence electrons. The highest BCUT2D eigenvalue weighted by atomic mass is 35.5. The van der Waals surface area contributed by atoms with Crippen molar-refractivity contribution >= 4 is 35.0 Å². The minimum atomic E-state index is -0.558. The number of carbonyl (C=O) groups excluding carboxylic acids is 3. The van der Waals surface area contributed by atoms with E-state index in [4.69, 9.17) is 21.1 Å². The number of hydrazine groups is 1. The predicted octanol–water partition coefficient (Wildman–Crippen LogP) is 2.68. The molecule has 3 N–H and O–H groups in total. The van der Waals surface area contributed by atoms with Gasteiger partial charge in [-0.2, -0.15) is 0 Å². The average molecular weight is 420 g/mol. The van der Waals surface area contributed by atoms with Crippen LogP contribution in [-0.2, 0) is 14.4 Å². The molecule has 0 unspecified atom stereocenters. The van der Waals surface area contributed by atoms with Crippen LogP contribution in [0.5, 0.6) is 11.5 Å². The SMILES string of the molecule is CCOc1ccc(NC(=O)CCC(=O)NNC(=O)COc2ccccc2Cl)cc1. The molecule has 0 spiro atoms. The van der Waals surface area contributed by atoms with Crippen LogP contribution in [0, 0.1) is 0 Å². The second kappa shape index (κ2) is 11.6. The van der Waals surface area contributed by atoms with Crippen molar-refractivity contribution in [3.05, 3.63) is 53.6 Å². The topological polar surface area (TPSA) is 106 Å². The molecule has 2 aromatic carbocycles. The van der Waals surface area contributed by atoms with Crippen LogP contribution in [0.4, 0.5) is 5.69 Å². The molecule has 0 radical (unpaired) electrons. The van der Waals surface area contributed by atoms with Crippen LogP contribution in [0.25, 0.3) is 0 Å².